The highest BCUT2D eigenvalue weighted by molar-refractivity contribution is 5.99. The van der Waals surface area contributed by atoms with Crippen LogP contribution >= 0.6 is 0 Å². The molecule has 126 valence electrons. The maximum Gasteiger partial charge on any atom is 0.255 e. The fraction of sp³-hybridized carbons (Fsp3) is 0.200. The Kier molecular flexibility index (Phi) is 4.06. The van der Waals surface area contributed by atoms with E-state index in [-0.39, 0.29) is 17.8 Å². The molecule has 1 heterocycles. The Morgan fingerprint density at radius 2 is 2.00 bits per heavy atom. The number of hydrogen-bond donors (Lipinski definition) is 2. The average molecular weight is 335 g/mol. The summed E-state index contributed by atoms with van der Waals surface area (Å²) in [6, 6.07) is 14.6. The summed E-state index contributed by atoms with van der Waals surface area (Å²) < 4.78 is 13.5. The second-order valence-corrected chi connectivity index (χ2v) is 6.35. The van der Waals surface area contributed by atoms with E-state index >= 15 is 0 Å². The first-order chi connectivity index (χ1) is 12.2. The Morgan fingerprint density at radius 1 is 1.16 bits per heavy atom. The highest BCUT2D eigenvalue weighted by atomic mass is 19.1. The Hall–Kier alpha value is -2.95. The molecule has 1 amide bonds. The van der Waals surface area contributed by atoms with E-state index in [1.54, 1.807) is 12.1 Å². The van der Waals surface area contributed by atoms with Gasteiger partial charge in [-0.3, -0.25) is 9.89 Å². The van der Waals surface area contributed by atoms with Gasteiger partial charge in [0.25, 0.3) is 5.91 Å². The standard InChI is InChI=1S/C20H18FN3O/c21-16-7-3-6-15(10-16)19-18(12-22-24-19)20(25)23-17-9-8-13-4-1-2-5-14(13)11-17/h1-7,10,12,17H,8-9,11H2,(H,22,24)(H,23,25). The van der Waals surface area contributed by atoms with Gasteiger partial charge in [0, 0.05) is 11.6 Å². The Morgan fingerprint density at radius 3 is 2.84 bits per heavy atom. The minimum Gasteiger partial charge on any atom is -0.349 e. The van der Waals surface area contributed by atoms with Crippen LogP contribution in [0, 0.1) is 5.82 Å². The van der Waals surface area contributed by atoms with Crippen molar-refractivity contribution in [2.24, 2.45) is 0 Å². The number of aromatic nitrogens is 2. The topological polar surface area (TPSA) is 57.8 Å². The van der Waals surface area contributed by atoms with Crippen LogP contribution in [0.5, 0.6) is 0 Å². The predicted octanol–water partition coefficient (Wildman–Crippen LogP) is 3.50. The van der Waals surface area contributed by atoms with Crippen LogP contribution in [0.2, 0.25) is 0 Å². The average Bonchev–Trinajstić information content (AvgIpc) is 3.11. The van der Waals surface area contributed by atoms with E-state index in [9.17, 15) is 9.18 Å². The van der Waals surface area contributed by atoms with Gasteiger partial charge in [0.15, 0.2) is 0 Å². The molecule has 1 aromatic heterocycles. The molecule has 25 heavy (non-hydrogen) atoms. The van der Waals surface area contributed by atoms with Crippen molar-refractivity contribution in [3.8, 4) is 11.3 Å². The van der Waals surface area contributed by atoms with Crippen LogP contribution in [0.1, 0.15) is 27.9 Å². The number of hydrogen-bond acceptors (Lipinski definition) is 2. The quantitative estimate of drug-likeness (QED) is 0.770. The van der Waals surface area contributed by atoms with Crippen LogP contribution in [0.3, 0.4) is 0 Å². The normalized spacial score (nSPS) is 16.3. The SMILES string of the molecule is O=C(NC1CCc2ccccc2C1)c1cn[nH]c1-c1cccc(F)c1. The number of benzene rings is 2. The Labute approximate surface area is 145 Å². The van der Waals surface area contributed by atoms with Crippen molar-refractivity contribution >= 4 is 5.91 Å². The van der Waals surface area contributed by atoms with Crippen molar-refractivity contribution in [2.45, 2.75) is 25.3 Å². The van der Waals surface area contributed by atoms with Crippen LogP contribution in [0.4, 0.5) is 4.39 Å². The van der Waals surface area contributed by atoms with Crippen LogP contribution < -0.4 is 5.32 Å². The van der Waals surface area contributed by atoms with Crippen molar-refractivity contribution in [3.63, 3.8) is 0 Å². The van der Waals surface area contributed by atoms with E-state index in [2.05, 4.69) is 33.7 Å². The van der Waals surface area contributed by atoms with Crippen LogP contribution in [-0.2, 0) is 12.8 Å². The number of amides is 1. The molecule has 5 heteroatoms. The number of aromatic amines is 1. The maximum absolute atomic E-state index is 13.5. The minimum absolute atomic E-state index is 0.0951. The van der Waals surface area contributed by atoms with Crippen LogP contribution in [0.25, 0.3) is 11.3 Å². The highest BCUT2D eigenvalue weighted by Gasteiger charge is 2.22. The number of halogens is 1. The molecule has 1 atom stereocenters. The molecule has 2 aromatic carbocycles. The van der Waals surface area contributed by atoms with Gasteiger partial charge >= 0.3 is 0 Å². The Bertz CT molecular complexity index is 919. The molecule has 0 aliphatic heterocycles. The van der Waals surface area contributed by atoms with Gasteiger partial charge in [-0.05, 0) is 42.5 Å². The van der Waals surface area contributed by atoms with Crippen molar-refractivity contribution < 1.29 is 9.18 Å². The molecule has 0 radical (unpaired) electrons. The summed E-state index contributed by atoms with van der Waals surface area (Å²) >= 11 is 0. The first-order valence-corrected chi connectivity index (χ1v) is 8.37. The lowest BCUT2D eigenvalue weighted by atomic mass is 9.88. The van der Waals surface area contributed by atoms with E-state index in [0.717, 1.165) is 19.3 Å². The lowest BCUT2D eigenvalue weighted by molar-refractivity contribution is 0.0934. The fourth-order valence-electron chi connectivity index (χ4n) is 3.41. The van der Waals surface area contributed by atoms with E-state index in [4.69, 9.17) is 0 Å². The van der Waals surface area contributed by atoms with Crippen LogP contribution in [-0.4, -0.2) is 22.1 Å². The number of nitrogens with zero attached hydrogens (tertiary/aromatic N) is 1. The van der Waals surface area contributed by atoms with Gasteiger partial charge in [-0.15, -0.1) is 0 Å². The summed E-state index contributed by atoms with van der Waals surface area (Å²) in [6.07, 6.45) is 4.20. The summed E-state index contributed by atoms with van der Waals surface area (Å²) in [6.45, 7) is 0. The van der Waals surface area contributed by atoms with E-state index in [1.807, 2.05) is 6.07 Å². The van der Waals surface area contributed by atoms with Gasteiger partial charge in [-0.1, -0.05) is 36.4 Å². The molecule has 1 aliphatic carbocycles. The van der Waals surface area contributed by atoms with Crippen molar-refractivity contribution in [1.82, 2.24) is 15.5 Å². The third kappa shape index (κ3) is 3.18. The zero-order chi connectivity index (χ0) is 17.2. The summed E-state index contributed by atoms with van der Waals surface area (Å²) in [5.74, 6) is -0.528. The van der Waals surface area contributed by atoms with E-state index in [1.165, 1.54) is 29.5 Å². The van der Waals surface area contributed by atoms with Crippen molar-refractivity contribution in [1.29, 1.82) is 0 Å². The molecule has 0 bridgehead atoms. The van der Waals surface area contributed by atoms with Crippen LogP contribution in [0.15, 0.2) is 54.7 Å². The third-order valence-electron chi connectivity index (χ3n) is 4.68. The summed E-state index contributed by atoms with van der Waals surface area (Å²) in [5.41, 5.74) is 4.22. The van der Waals surface area contributed by atoms with Gasteiger partial charge in [0.1, 0.15) is 5.82 Å². The lowest BCUT2D eigenvalue weighted by Crippen LogP contribution is -2.38. The molecule has 4 rings (SSSR count). The molecular weight excluding hydrogens is 317 g/mol. The first kappa shape index (κ1) is 15.6. The van der Waals surface area contributed by atoms with Gasteiger partial charge in [0.2, 0.25) is 0 Å². The second-order valence-electron chi connectivity index (χ2n) is 6.35. The number of H-pyrrole nitrogens is 1. The van der Waals surface area contributed by atoms with Crippen molar-refractivity contribution in [2.75, 3.05) is 0 Å². The molecule has 0 saturated carbocycles. The van der Waals surface area contributed by atoms with Gasteiger partial charge in [-0.2, -0.15) is 5.10 Å². The molecule has 0 fully saturated rings. The second kappa shape index (κ2) is 6.51. The van der Waals surface area contributed by atoms with E-state index < -0.39 is 0 Å². The molecular formula is C20H18FN3O. The zero-order valence-corrected chi connectivity index (χ0v) is 13.6. The van der Waals surface area contributed by atoms with Gasteiger partial charge < -0.3 is 5.32 Å². The summed E-state index contributed by atoms with van der Waals surface area (Å²) in [5, 5.41) is 9.87. The van der Waals surface area contributed by atoms with Crippen molar-refractivity contribution in [3.05, 3.63) is 77.2 Å². The number of carbonyl (C=O) groups excluding carboxylic acids is 1. The maximum atomic E-state index is 13.5. The molecule has 0 spiro atoms. The smallest absolute Gasteiger partial charge is 0.255 e. The first-order valence-electron chi connectivity index (χ1n) is 8.37. The number of nitrogens with one attached hydrogen (secondary N) is 2. The molecule has 0 saturated heterocycles. The minimum atomic E-state index is -0.345. The number of aryl methyl sites for hydroxylation is 1. The molecule has 3 aromatic rings. The molecule has 1 unspecified atom stereocenters. The Balaban J connectivity index is 1.52. The zero-order valence-electron chi connectivity index (χ0n) is 13.6. The van der Waals surface area contributed by atoms with Gasteiger partial charge in [-0.25, -0.2) is 4.39 Å². The number of fused-ring (bicyclic) bond motifs is 1. The third-order valence-corrected chi connectivity index (χ3v) is 4.68. The summed E-state index contributed by atoms with van der Waals surface area (Å²) in [7, 11) is 0. The fourth-order valence-corrected chi connectivity index (χ4v) is 3.41. The molecule has 1 aliphatic rings. The molecule has 2 N–H and O–H groups in total. The summed E-state index contributed by atoms with van der Waals surface area (Å²) in [4.78, 5) is 12.7. The predicted molar refractivity (Wildman–Crippen MR) is 93.7 cm³/mol. The lowest BCUT2D eigenvalue weighted by Gasteiger charge is -2.25. The largest absolute Gasteiger partial charge is 0.349 e. The number of carbonyl (C=O) groups is 1. The number of rotatable bonds is 3. The van der Waals surface area contributed by atoms with Gasteiger partial charge in [0.05, 0.1) is 17.5 Å². The highest BCUT2D eigenvalue weighted by Crippen LogP contribution is 2.24. The monoisotopic (exact) mass is 335 g/mol. The molecule has 4 nitrogen and oxygen atoms in total. The van der Waals surface area contributed by atoms with E-state index in [0.29, 0.717) is 16.8 Å².